The van der Waals surface area contributed by atoms with Crippen LogP contribution in [0.25, 0.3) is 0 Å². The van der Waals surface area contributed by atoms with Gasteiger partial charge in [0.2, 0.25) is 0 Å². The van der Waals surface area contributed by atoms with E-state index in [1.165, 1.54) is 19.3 Å². The second-order valence-corrected chi connectivity index (χ2v) is 3.87. The average Bonchev–Trinajstić information content (AvgIpc) is 2.61. The van der Waals surface area contributed by atoms with Crippen molar-refractivity contribution in [1.29, 1.82) is 0 Å². The minimum atomic E-state index is 0.418. The van der Waals surface area contributed by atoms with Crippen LogP contribution >= 0.6 is 0 Å². The van der Waals surface area contributed by atoms with Crippen LogP contribution in [0.1, 0.15) is 43.9 Å². The molecule has 0 amide bonds. The van der Waals surface area contributed by atoms with Gasteiger partial charge < -0.3 is 5.32 Å². The first kappa shape index (κ1) is 9.65. The second kappa shape index (κ2) is 4.09. The second-order valence-electron chi connectivity index (χ2n) is 3.87. The standard InChI is InChI=1S/C10H18N4/c1-3-9-12-10(14(2)13-9)8-6-4-5-7-11-8/h8,11H,3-7H2,1-2H3. The lowest BCUT2D eigenvalue weighted by Crippen LogP contribution is -2.29. The predicted molar refractivity (Wildman–Crippen MR) is 55.0 cm³/mol. The van der Waals surface area contributed by atoms with Gasteiger partial charge in [-0.25, -0.2) is 4.98 Å². The van der Waals surface area contributed by atoms with Crippen LogP contribution in [0.4, 0.5) is 0 Å². The van der Waals surface area contributed by atoms with Crippen LogP contribution in [-0.2, 0) is 13.5 Å². The highest BCUT2D eigenvalue weighted by molar-refractivity contribution is 5.00. The van der Waals surface area contributed by atoms with Crippen molar-refractivity contribution in [3.05, 3.63) is 11.6 Å². The Hall–Kier alpha value is -0.900. The molecular weight excluding hydrogens is 176 g/mol. The zero-order valence-corrected chi connectivity index (χ0v) is 8.95. The monoisotopic (exact) mass is 194 g/mol. The number of nitrogens with one attached hydrogen (secondary N) is 1. The van der Waals surface area contributed by atoms with E-state index in [0.717, 1.165) is 24.6 Å². The number of aryl methyl sites for hydroxylation is 2. The summed E-state index contributed by atoms with van der Waals surface area (Å²) in [5.41, 5.74) is 0. The van der Waals surface area contributed by atoms with Crippen LogP contribution in [0, 0.1) is 0 Å². The average molecular weight is 194 g/mol. The summed E-state index contributed by atoms with van der Waals surface area (Å²) in [6, 6.07) is 0.418. The molecule has 1 aromatic rings. The summed E-state index contributed by atoms with van der Waals surface area (Å²) in [4.78, 5) is 4.54. The van der Waals surface area contributed by atoms with Crippen LogP contribution in [-0.4, -0.2) is 21.3 Å². The molecule has 1 aromatic heterocycles. The molecule has 2 rings (SSSR count). The van der Waals surface area contributed by atoms with Crippen molar-refractivity contribution in [3.63, 3.8) is 0 Å². The van der Waals surface area contributed by atoms with E-state index in [2.05, 4.69) is 22.3 Å². The summed E-state index contributed by atoms with van der Waals surface area (Å²) in [6.45, 7) is 3.20. The topological polar surface area (TPSA) is 42.7 Å². The molecule has 4 nitrogen and oxygen atoms in total. The molecule has 1 fully saturated rings. The molecule has 0 radical (unpaired) electrons. The highest BCUT2D eigenvalue weighted by Crippen LogP contribution is 2.20. The highest BCUT2D eigenvalue weighted by Gasteiger charge is 2.19. The molecule has 4 heteroatoms. The van der Waals surface area contributed by atoms with Gasteiger partial charge in [0, 0.05) is 13.5 Å². The lowest BCUT2D eigenvalue weighted by atomic mass is 10.0. The fraction of sp³-hybridized carbons (Fsp3) is 0.800. The van der Waals surface area contributed by atoms with Gasteiger partial charge in [-0.2, -0.15) is 5.10 Å². The number of nitrogens with zero attached hydrogens (tertiary/aromatic N) is 3. The molecule has 1 aliphatic rings. The molecular formula is C10H18N4. The highest BCUT2D eigenvalue weighted by atomic mass is 15.3. The van der Waals surface area contributed by atoms with Gasteiger partial charge in [-0.3, -0.25) is 4.68 Å². The van der Waals surface area contributed by atoms with Gasteiger partial charge in [0.15, 0.2) is 5.82 Å². The van der Waals surface area contributed by atoms with E-state index in [0.29, 0.717) is 6.04 Å². The van der Waals surface area contributed by atoms with Crippen LogP contribution in [0.15, 0.2) is 0 Å². The first-order valence-electron chi connectivity index (χ1n) is 5.44. The summed E-state index contributed by atoms with van der Waals surface area (Å²) in [5.74, 6) is 2.05. The van der Waals surface area contributed by atoms with Crippen LogP contribution in [0.5, 0.6) is 0 Å². The Morgan fingerprint density at radius 1 is 1.50 bits per heavy atom. The number of rotatable bonds is 2. The molecule has 1 atom stereocenters. The van der Waals surface area contributed by atoms with Crippen molar-refractivity contribution in [2.75, 3.05) is 6.54 Å². The van der Waals surface area contributed by atoms with Crippen molar-refractivity contribution in [3.8, 4) is 0 Å². The fourth-order valence-corrected chi connectivity index (χ4v) is 1.98. The third-order valence-corrected chi connectivity index (χ3v) is 2.78. The van der Waals surface area contributed by atoms with Gasteiger partial charge in [-0.1, -0.05) is 13.3 Å². The van der Waals surface area contributed by atoms with Gasteiger partial charge in [0.1, 0.15) is 5.82 Å². The van der Waals surface area contributed by atoms with E-state index in [1.807, 2.05) is 11.7 Å². The fourth-order valence-electron chi connectivity index (χ4n) is 1.98. The maximum Gasteiger partial charge on any atom is 0.150 e. The van der Waals surface area contributed by atoms with E-state index in [1.54, 1.807) is 0 Å². The molecule has 1 aliphatic heterocycles. The third kappa shape index (κ3) is 1.80. The molecule has 78 valence electrons. The molecule has 14 heavy (non-hydrogen) atoms. The van der Waals surface area contributed by atoms with Crippen molar-refractivity contribution < 1.29 is 0 Å². The number of hydrogen-bond acceptors (Lipinski definition) is 3. The van der Waals surface area contributed by atoms with E-state index in [4.69, 9.17) is 0 Å². The maximum absolute atomic E-state index is 4.54. The Labute approximate surface area is 84.7 Å². The Kier molecular flexibility index (Phi) is 2.82. The van der Waals surface area contributed by atoms with E-state index >= 15 is 0 Å². The minimum Gasteiger partial charge on any atom is -0.307 e. The molecule has 0 spiro atoms. The number of piperidine rings is 1. The Morgan fingerprint density at radius 2 is 2.36 bits per heavy atom. The quantitative estimate of drug-likeness (QED) is 0.769. The van der Waals surface area contributed by atoms with Gasteiger partial charge in [-0.15, -0.1) is 0 Å². The van der Waals surface area contributed by atoms with Gasteiger partial charge >= 0.3 is 0 Å². The Morgan fingerprint density at radius 3 is 2.93 bits per heavy atom. The zero-order chi connectivity index (χ0) is 9.97. The van der Waals surface area contributed by atoms with Crippen molar-refractivity contribution >= 4 is 0 Å². The molecule has 1 unspecified atom stereocenters. The Balaban J connectivity index is 2.17. The molecule has 1 saturated heterocycles. The first-order chi connectivity index (χ1) is 6.81. The maximum atomic E-state index is 4.54. The number of hydrogen-bond donors (Lipinski definition) is 1. The summed E-state index contributed by atoms with van der Waals surface area (Å²) in [7, 11) is 1.98. The summed E-state index contributed by atoms with van der Waals surface area (Å²) >= 11 is 0. The summed E-state index contributed by atoms with van der Waals surface area (Å²) in [6.07, 6.45) is 4.69. The van der Waals surface area contributed by atoms with E-state index < -0.39 is 0 Å². The predicted octanol–water partition coefficient (Wildman–Crippen LogP) is 1.19. The SMILES string of the molecule is CCc1nc(C2CCCCN2)n(C)n1. The summed E-state index contributed by atoms with van der Waals surface area (Å²) < 4.78 is 1.92. The van der Waals surface area contributed by atoms with Crippen LogP contribution in [0.2, 0.25) is 0 Å². The molecule has 0 saturated carbocycles. The van der Waals surface area contributed by atoms with Gasteiger partial charge in [0.05, 0.1) is 6.04 Å². The van der Waals surface area contributed by atoms with Crippen LogP contribution in [0.3, 0.4) is 0 Å². The molecule has 1 N–H and O–H groups in total. The van der Waals surface area contributed by atoms with Crippen molar-refractivity contribution in [2.24, 2.45) is 7.05 Å². The van der Waals surface area contributed by atoms with E-state index in [9.17, 15) is 0 Å². The molecule has 2 heterocycles. The summed E-state index contributed by atoms with van der Waals surface area (Å²) in [5, 5.41) is 7.86. The minimum absolute atomic E-state index is 0.418. The number of aromatic nitrogens is 3. The van der Waals surface area contributed by atoms with E-state index in [-0.39, 0.29) is 0 Å². The van der Waals surface area contributed by atoms with Crippen molar-refractivity contribution in [2.45, 2.75) is 38.6 Å². The Bertz CT molecular complexity index is 299. The van der Waals surface area contributed by atoms with Gasteiger partial charge in [0.25, 0.3) is 0 Å². The molecule has 0 aromatic carbocycles. The lowest BCUT2D eigenvalue weighted by Gasteiger charge is -2.22. The molecule has 0 aliphatic carbocycles. The van der Waals surface area contributed by atoms with Gasteiger partial charge in [-0.05, 0) is 19.4 Å². The normalized spacial score (nSPS) is 22.6. The lowest BCUT2D eigenvalue weighted by molar-refractivity contribution is 0.386. The third-order valence-electron chi connectivity index (χ3n) is 2.78. The zero-order valence-electron chi connectivity index (χ0n) is 8.95. The first-order valence-corrected chi connectivity index (χ1v) is 5.44. The van der Waals surface area contributed by atoms with Crippen molar-refractivity contribution in [1.82, 2.24) is 20.1 Å². The smallest absolute Gasteiger partial charge is 0.150 e. The largest absolute Gasteiger partial charge is 0.307 e. The van der Waals surface area contributed by atoms with Crippen LogP contribution < -0.4 is 5.32 Å². The molecule has 0 bridgehead atoms.